The zero-order chi connectivity index (χ0) is 30.0. The van der Waals surface area contributed by atoms with Crippen molar-refractivity contribution >= 4 is 22.8 Å². The highest BCUT2D eigenvalue weighted by atomic mass is 16.7. The summed E-state index contributed by atoms with van der Waals surface area (Å²) < 4.78 is 35.5. The molecule has 2 unspecified atom stereocenters. The van der Waals surface area contributed by atoms with Gasteiger partial charge in [0.15, 0.2) is 11.5 Å². The highest BCUT2D eigenvalue weighted by molar-refractivity contribution is 5.91. The fraction of sp³-hybridized carbons (Fsp3) is 0.625. The molecule has 0 saturated carbocycles. The molecule has 0 N–H and O–H groups in total. The van der Waals surface area contributed by atoms with E-state index in [9.17, 15) is 4.79 Å². The van der Waals surface area contributed by atoms with Gasteiger partial charge < -0.3 is 33.3 Å². The number of aromatic nitrogens is 1. The molecule has 0 spiro atoms. The molecule has 1 aromatic heterocycles. The molecular formula is C32H46N2O7. The Hall–Kier alpha value is -3.04. The number of ether oxygens (including phenoxy) is 6. The van der Waals surface area contributed by atoms with Gasteiger partial charge in [-0.1, -0.05) is 12.1 Å². The molecule has 1 saturated heterocycles. The number of rotatable bonds is 9. The number of fused-ring (bicyclic) bond motifs is 1. The topological polar surface area (TPSA) is 88.6 Å². The monoisotopic (exact) mass is 570 g/mol. The Balaban J connectivity index is 1.62. The van der Waals surface area contributed by atoms with Gasteiger partial charge in [-0.25, -0.2) is 4.79 Å². The fourth-order valence-corrected chi connectivity index (χ4v) is 5.37. The van der Waals surface area contributed by atoms with Crippen molar-refractivity contribution < 1.29 is 33.2 Å². The number of benzene rings is 1. The maximum Gasteiger partial charge on any atom is 0.410 e. The first-order chi connectivity index (χ1) is 19.2. The average Bonchev–Trinajstić information content (AvgIpc) is 3.21. The third-order valence-electron chi connectivity index (χ3n) is 7.57. The molecule has 1 fully saturated rings. The molecule has 4 rings (SSSR count). The van der Waals surface area contributed by atoms with E-state index in [1.807, 2.05) is 77.6 Å². The van der Waals surface area contributed by atoms with Crippen LogP contribution in [0.1, 0.15) is 73.3 Å². The van der Waals surface area contributed by atoms with Crippen molar-refractivity contribution in [3.05, 3.63) is 41.8 Å². The molecule has 2 aliphatic rings. The largest absolute Gasteiger partial charge is 0.495 e. The lowest BCUT2D eigenvalue weighted by molar-refractivity contribution is -0.199. The smallest absolute Gasteiger partial charge is 0.410 e. The molecule has 1 aromatic carbocycles. The molecule has 226 valence electrons. The van der Waals surface area contributed by atoms with E-state index < -0.39 is 17.2 Å². The summed E-state index contributed by atoms with van der Waals surface area (Å²) in [6.45, 7) is 15.0. The third kappa shape index (κ3) is 7.83. The molecule has 9 nitrogen and oxygen atoms in total. The van der Waals surface area contributed by atoms with Gasteiger partial charge in [0.2, 0.25) is 5.79 Å². The maximum atomic E-state index is 13.0. The second-order valence-corrected chi connectivity index (χ2v) is 12.8. The van der Waals surface area contributed by atoms with Crippen LogP contribution in [-0.2, 0) is 23.7 Å². The predicted octanol–water partition coefficient (Wildman–Crippen LogP) is 6.75. The van der Waals surface area contributed by atoms with Gasteiger partial charge in [-0.15, -0.1) is 0 Å². The second kappa shape index (κ2) is 12.1. The first-order valence-corrected chi connectivity index (χ1v) is 14.4. The highest BCUT2D eigenvalue weighted by Gasteiger charge is 2.40. The van der Waals surface area contributed by atoms with Gasteiger partial charge in [0.05, 0.1) is 25.4 Å². The van der Waals surface area contributed by atoms with Crippen molar-refractivity contribution in [1.29, 1.82) is 0 Å². The van der Waals surface area contributed by atoms with Crippen LogP contribution in [0.3, 0.4) is 0 Å². The van der Waals surface area contributed by atoms with Gasteiger partial charge in [-0.3, -0.25) is 4.98 Å². The Morgan fingerprint density at radius 3 is 2.56 bits per heavy atom. The predicted molar refractivity (Wildman–Crippen MR) is 157 cm³/mol. The quantitative estimate of drug-likeness (QED) is 0.306. The summed E-state index contributed by atoms with van der Waals surface area (Å²) in [7, 11) is 3.27. The van der Waals surface area contributed by atoms with Crippen molar-refractivity contribution in [2.75, 3.05) is 33.9 Å². The molecule has 2 atom stereocenters. The van der Waals surface area contributed by atoms with Gasteiger partial charge in [0.1, 0.15) is 17.1 Å². The van der Waals surface area contributed by atoms with E-state index in [2.05, 4.69) is 4.98 Å². The van der Waals surface area contributed by atoms with E-state index in [4.69, 9.17) is 28.4 Å². The molecule has 1 amide bonds. The van der Waals surface area contributed by atoms with Gasteiger partial charge in [-0.2, -0.15) is 0 Å². The minimum Gasteiger partial charge on any atom is -0.495 e. The van der Waals surface area contributed by atoms with Gasteiger partial charge in [0.25, 0.3) is 0 Å². The van der Waals surface area contributed by atoms with Crippen molar-refractivity contribution in [3.63, 3.8) is 0 Å². The summed E-state index contributed by atoms with van der Waals surface area (Å²) in [4.78, 5) is 19.4. The fourth-order valence-electron chi connectivity index (χ4n) is 5.37. The number of pyridine rings is 1. The summed E-state index contributed by atoms with van der Waals surface area (Å²) in [5.41, 5.74) is 1.22. The van der Waals surface area contributed by atoms with Gasteiger partial charge in [0, 0.05) is 51.4 Å². The van der Waals surface area contributed by atoms with Crippen molar-refractivity contribution in [1.82, 2.24) is 9.88 Å². The number of amides is 1. The number of likely N-dealkylation sites (tertiary alicyclic amines) is 1. The van der Waals surface area contributed by atoms with Gasteiger partial charge >= 0.3 is 6.09 Å². The van der Waals surface area contributed by atoms with Crippen LogP contribution in [0.25, 0.3) is 16.7 Å². The molecular weight excluding hydrogens is 524 g/mol. The third-order valence-corrected chi connectivity index (χ3v) is 7.57. The minimum absolute atomic E-state index is 0.166. The average molecular weight is 571 g/mol. The number of carbonyl (C=O) groups excluding carboxylic acids is 1. The first kappa shape index (κ1) is 30.9. The Morgan fingerprint density at radius 2 is 1.88 bits per heavy atom. The molecule has 2 aliphatic heterocycles. The minimum atomic E-state index is -0.808. The lowest BCUT2D eigenvalue weighted by atomic mass is 9.80. The second-order valence-electron chi connectivity index (χ2n) is 12.8. The molecule has 3 heterocycles. The summed E-state index contributed by atoms with van der Waals surface area (Å²) in [5.74, 6) is 1.13. The zero-order valence-corrected chi connectivity index (χ0v) is 26.0. The van der Waals surface area contributed by atoms with Crippen molar-refractivity contribution in [3.8, 4) is 5.75 Å². The number of methoxy groups -OCH3 is 2. The van der Waals surface area contributed by atoms with E-state index in [0.717, 1.165) is 40.8 Å². The zero-order valence-electron chi connectivity index (χ0n) is 26.0. The van der Waals surface area contributed by atoms with Crippen LogP contribution in [-0.4, -0.2) is 67.1 Å². The Labute approximate surface area is 244 Å². The molecule has 0 bridgehead atoms. The van der Waals surface area contributed by atoms with Crippen LogP contribution < -0.4 is 4.74 Å². The van der Waals surface area contributed by atoms with Crippen LogP contribution in [0.4, 0.5) is 4.79 Å². The van der Waals surface area contributed by atoms with Crippen LogP contribution in [0.5, 0.6) is 5.75 Å². The lowest BCUT2D eigenvalue weighted by Crippen LogP contribution is -2.46. The molecule has 0 aliphatic carbocycles. The number of carbonyl (C=O) groups is 1. The van der Waals surface area contributed by atoms with Crippen LogP contribution >= 0.6 is 0 Å². The Bertz CT molecular complexity index is 1260. The van der Waals surface area contributed by atoms with Crippen LogP contribution in [0.2, 0.25) is 0 Å². The molecule has 9 heteroatoms. The van der Waals surface area contributed by atoms with Crippen LogP contribution in [0.15, 0.2) is 36.2 Å². The van der Waals surface area contributed by atoms with E-state index in [-0.39, 0.29) is 17.9 Å². The molecule has 41 heavy (non-hydrogen) atoms. The summed E-state index contributed by atoms with van der Waals surface area (Å²) in [6.07, 6.45) is 3.68. The molecule has 2 aromatic rings. The van der Waals surface area contributed by atoms with Crippen molar-refractivity contribution in [2.45, 2.75) is 84.9 Å². The lowest BCUT2D eigenvalue weighted by Gasteiger charge is -2.39. The summed E-state index contributed by atoms with van der Waals surface area (Å²) in [6, 6.07) is 7.97. The standard InChI is InChI=1S/C32H46N2O7/c1-30(2,3)41-29(35)34-15-13-21(22(20-34)14-16-38-31(4,5)37-9)17-27-28(40-32(6,7)39-27)24-11-10-12-26-25(24)18-23(36-8)19-33-26/h10-12,18-19,21-22H,13-17,20H2,1-9H3. The van der Waals surface area contributed by atoms with E-state index in [0.29, 0.717) is 31.9 Å². The van der Waals surface area contributed by atoms with E-state index >= 15 is 0 Å². The van der Waals surface area contributed by atoms with E-state index in [1.54, 1.807) is 20.4 Å². The number of hydrogen-bond acceptors (Lipinski definition) is 8. The van der Waals surface area contributed by atoms with Crippen molar-refractivity contribution in [2.24, 2.45) is 11.8 Å². The van der Waals surface area contributed by atoms with Crippen LogP contribution in [0, 0.1) is 11.8 Å². The highest BCUT2D eigenvalue weighted by Crippen LogP contribution is 2.44. The Kier molecular flexibility index (Phi) is 9.09. The normalized spacial score (nSPS) is 21.0. The Morgan fingerprint density at radius 1 is 1.12 bits per heavy atom. The van der Waals surface area contributed by atoms with E-state index in [1.165, 1.54) is 0 Å². The number of allylic oxidation sites excluding steroid dienone is 1. The maximum absolute atomic E-state index is 13.0. The number of nitrogens with zero attached hydrogens (tertiary/aromatic N) is 2. The SMILES string of the molecule is COc1cnc2cccc(C3=C(CC4CCN(C(=O)OC(C)(C)C)CC4CCOC(C)(C)OC)OC(C)(C)O3)c2c1. The number of piperidine rings is 1. The summed E-state index contributed by atoms with van der Waals surface area (Å²) >= 11 is 0. The number of hydrogen-bond donors (Lipinski definition) is 0. The first-order valence-electron chi connectivity index (χ1n) is 14.4. The molecule has 0 radical (unpaired) electrons. The summed E-state index contributed by atoms with van der Waals surface area (Å²) in [5, 5.41) is 0.937. The van der Waals surface area contributed by atoms with Gasteiger partial charge in [-0.05, 0) is 71.4 Å².